The lowest BCUT2D eigenvalue weighted by Gasteiger charge is -2.27. The molecule has 272 valence electrons. The number of hydrogen-bond donors (Lipinski definition) is 1. The summed E-state index contributed by atoms with van der Waals surface area (Å²) in [4.78, 5) is 10.3. The van der Waals surface area contributed by atoms with Crippen LogP contribution in [-0.4, -0.2) is 11.7 Å². The number of rotatable bonds is 5. The first-order valence-corrected chi connectivity index (χ1v) is 20.0. The molecule has 7 aromatic carbocycles. The molecule has 4 aliphatic rings. The smallest absolute Gasteiger partial charge is 0.159 e. The van der Waals surface area contributed by atoms with E-state index >= 15 is 0 Å². The molecule has 0 spiro atoms. The number of nitrogens with one attached hydrogen (secondary N) is 1. The molecule has 2 atom stereocenters. The Hall–Kier alpha value is -6.84. The summed E-state index contributed by atoms with van der Waals surface area (Å²) in [5.41, 5.74) is 15.1. The van der Waals surface area contributed by atoms with Crippen LogP contribution in [0, 0.1) is 5.92 Å². The Kier molecular flexibility index (Phi) is 7.72. The van der Waals surface area contributed by atoms with Crippen LogP contribution < -0.4 is 5.32 Å². The van der Waals surface area contributed by atoms with Crippen molar-refractivity contribution in [1.82, 2.24) is 5.32 Å². The molecule has 3 heteroatoms. The monoisotopic (exact) mass is 731 g/mol. The lowest BCUT2D eigenvalue weighted by molar-refractivity contribution is 0.666. The third-order valence-corrected chi connectivity index (χ3v) is 12.5. The van der Waals surface area contributed by atoms with Crippen LogP contribution in [0.2, 0.25) is 0 Å². The van der Waals surface area contributed by atoms with Crippen molar-refractivity contribution < 1.29 is 0 Å². The van der Waals surface area contributed by atoms with Crippen LogP contribution in [0.5, 0.6) is 0 Å². The van der Waals surface area contributed by atoms with Crippen molar-refractivity contribution in [2.24, 2.45) is 15.9 Å². The quantitative estimate of drug-likeness (QED) is 0.188. The Balaban J connectivity index is 1.04. The maximum atomic E-state index is 5.24. The summed E-state index contributed by atoms with van der Waals surface area (Å²) in [6.45, 7) is 4.84. The average molecular weight is 732 g/mol. The molecule has 1 N–H and O–H groups in total. The lowest BCUT2D eigenvalue weighted by Crippen LogP contribution is -2.33. The Bertz CT molecular complexity index is 2970. The molecule has 0 fully saturated rings. The largest absolute Gasteiger partial charge is 0.344 e. The third kappa shape index (κ3) is 5.49. The molecule has 0 amide bonds. The zero-order chi connectivity index (χ0) is 38.1. The number of hydrogen-bond acceptors (Lipinski definition) is 3. The summed E-state index contributed by atoms with van der Waals surface area (Å²) in [5, 5.41) is 8.74. The van der Waals surface area contributed by atoms with E-state index in [1.54, 1.807) is 0 Å². The molecule has 1 heterocycles. The van der Waals surface area contributed by atoms with Gasteiger partial charge in [-0.05, 0) is 90.2 Å². The second-order valence-corrected chi connectivity index (χ2v) is 16.1. The van der Waals surface area contributed by atoms with Gasteiger partial charge in [-0.25, -0.2) is 9.98 Å². The van der Waals surface area contributed by atoms with Gasteiger partial charge in [-0.3, -0.25) is 0 Å². The molecule has 2 unspecified atom stereocenters. The van der Waals surface area contributed by atoms with Gasteiger partial charge in [0.25, 0.3) is 0 Å². The van der Waals surface area contributed by atoms with Crippen LogP contribution in [0.25, 0.3) is 49.4 Å². The minimum Gasteiger partial charge on any atom is -0.344 e. The van der Waals surface area contributed by atoms with Gasteiger partial charge in [-0.1, -0.05) is 184 Å². The molecule has 57 heavy (non-hydrogen) atoms. The van der Waals surface area contributed by atoms with Crippen LogP contribution in [-0.2, 0) is 5.41 Å². The molecule has 0 saturated carbocycles. The van der Waals surface area contributed by atoms with Gasteiger partial charge in [0.1, 0.15) is 12.0 Å². The van der Waals surface area contributed by atoms with Crippen molar-refractivity contribution in [3.63, 3.8) is 0 Å². The standard InChI is InChI=1S/C54H41N3/c1-54(2)48-33-40(27-28-46(48)49-47(32-38-21-11-12-22-42(38)50(49)54)39-26-25-34-15-9-10-20-37(34)31-39)41-29-30-45(44-24-14-13-23-43(41)44)53-56-51(35-16-5-3-6-17-35)55-52(57-53)36-18-7-4-8-19-36/h3-30,32-33,37,53H,31H2,1-2H3,(H,55,56,57). The molecule has 3 nitrogen and oxygen atoms in total. The number of benzene rings is 7. The molecule has 3 aliphatic carbocycles. The van der Waals surface area contributed by atoms with Crippen LogP contribution >= 0.6 is 0 Å². The van der Waals surface area contributed by atoms with Crippen LogP contribution in [0.3, 0.4) is 0 Å². The van der Waals surface area contributed by atoms with Gasteiger partial charge in [0, 0.05) is 28.0 Å². The number of amidine groups is 2. The fourth-order valence-corrected chi connectivity index (χ4v) is 9.66. The maximum absolute atomic E-state index is 5.24. The first kappa shape index (κ1) is 33.5. The molecule has 0 saturated heterocycles. The normalized spacial score (nSPS) is 18.8. The van der Waals surface area contributed by atoms with Crippen molar-refractivity contribution in [2.75, 3.05) is 0 Å². The number of nitrogens with zero attached hydrogens (tertiary/aromatic N) is 2. The van der Waals surface area contributed by atoms with Gasteiger partial charge in [-0.2, -0.15) is 0 Å². The Morgan fingerprint density at radius 3 is 2.16 bits per heavy atom. The maximum Gasteiger partial charge on any atom is 0.159 e. The zero-order valence-electron chi connectivity index (χ0n) is 32.1. The molecule has 0 aromatic heterocycles. The fraction of sp³-hybridized carbons (Fsp3) is 0.111. The summed E-state index contributed by atoms with van der Waals surface area (Å²) >= 11 is 0. The molecular weight excluding hydrogens is 691 g/mol. The minimum absolute atomic E-state index is 0.197. The average Bonchev–Trinajstić information content (AvgIpc) is 3.52. The Morgan fingerprint density at radius 1 is 0.614 bits per heavy atom. The Labute approximate surface area is 333 Å². The summed E-state index contributed by atoms with van der Waals surface area (Å²) < 4.78 is 0. The van der Waals surface area contributed by atoms with Gasteiger partial charge < -0.3 is 5.32 Å². The first-order chi connectivity index (χ1) is 28.0. The van der Waals surface area contributed by atoms with E-state index in [4.69, 9.17) is 9.98 Å². The second-order valence-electron chi connectivity index (χ2n) is 16.1. The van der Waals surface area contributed by atoms with Crippen molar-refractivity contribution in [2.45, 2.75) is 31.8 Å². The predicted molar refractivity (Wildman–Crippen MR) is 239 cm³/mol. The van der Waals surface area contributed by atoms with Gasteiger partial charge in [0.2, 0.25) is 0 Å². The SMILES string of the molecule is CC1(C)c2cc(-c3ccc(C4N=C(c5ccccc5)N=C(c5ccccc5)N4)c4ccccc34)ccc2-c2c(C3=CC=C4C=CC=CC4C3)cc3ccccc3c21. The van der Waals surface area contributed by atoms with Gasteiger partial charge in [-0.15, -0.1) is 0 Å². The highest BCUT2D eigenvalue weighted by atomic mass is 15.2. The van der Waals surface area contributed by atoms with E-state index in [1.807, 2.05) is 24.3 Å². The molecule has 0 radical (unpaired) electrons. The van der Waals surface area contributed by atoms with E-state index in [2.05, 4.69) is 177 Å². The highest BCUT2D eigenvalue weighted by Crippen LogP contribution is 2.55. The highest BCUT2D eigenvalue weighted by Gasteiger charge is 2.39. The number of fused-ring (bicyclic) bond motifs is 7. The van der Waals surface area contributed by atoms with E-state index in [0.717, 1.165) is 34.8 Å². The van der Waals surface area contributed by atoms with Crippen LogP contribution in [0.1, 0.15) is 59.8 Å². The van der Waals surface area contributed by atoms with Crippen molar-refractivity contribution in [3.8, 4) is 22.3 Å². The van der Waals surface area contributed by atoms with Crippen LogP contribution in [0.4, 0.5) is 0 Å². The van der Waals surface area contributed by atoms with Crippen molar-refractivity contribution in [3.05, 3.63) is 221 Å². The zero-order valence-corrected chi connectivity index (χ0v) is 32.1. The summed E-state index contributed by atoms with van der Waals surface area (Å²) in [5.74, 6) is 1.97. The first-order valence-electron chi connectivity index (χ1n) is 20.0. The van der Waals surface area contributed by atoms with E-state index in [1.165, 1.54) is 71.6 Å². The van der Waals surface area contributed by atoms with Crippen molar-refractivity contribution >= 4 is 38.8 Å². The molecule has 1 aliphatic heterocycles. The van der Waals surface area contributed by atoms with E-state index in [-0.39, 0.29) is 11.6 Å². The van der Waals surface area contributed by atoms with Gasteiger partial charge >= 0.3 is 0 Å². The number of allylic oxidation sites excluding steroid dienone is 8. The fourth-order valence-electron chi connectivity index (χ4n) is 9.66. The van der Waals surface area contributed by atoms with E-state index < -0.39 is 0 Å². The number of aliphatic imine (C=N–C) groups is 2. The van der Waals surface area contributed by atoms with Crippen molar-refractivity contribution in [1.29, 1.82) is 0 Å². The molecule has 0 bridgehead atoms. The van der Waals surface area contributed by atoms with Crippen LogP contribution in [0.15, 0.2) is 198 Å². The molecule has 11 rings (SSSR count). The molecular formula is C54H41N3. The second kappa shape index (κ2) is 13.1. The topological polar surface area (TPSA) is 36.8 Å². The summed E-state index contributed by atoms with van der Waals surface area (Å²) in [7, 11) is 0. The summed E-state index contributed by atoms with van der Waals surface area (Å²) in [6.07, 6.45) is 14.4. The van der Waals surface area contributed by atoms with Gasteiger partial charge in [0.05, 0.1) is 0 Å². The highest BCUT2D eigenvalue weighted by molar-refractivity contribution is 6.13. The summed E-state index contributed by atoms with van der Waals surface area (Å²) in [6, 6.07) is 52.6. The predicted octanol–water partition coefficient (Wildman–Crippen LogP) is 12.9. The third-order valence-electron chi connectivity index (χ3n) is 12.5. The lowest BCUT2D eigenvalue weighted by atomic mass is 9.77. The minimum atomic E-state index is -0.313. The van der Waals surface area contributed by atoms with E-state index in [9.17, 15) is 0 Å². The van der Waals surface area contributed by atoms with E-state index in [0.29, 0.717) is 5.92 Å². The molecule has 7 aromatic rings. The Morgan fingerprint density at radius 2 is 1.33 bits per heavy atom. The van der Waals surface area contributed by atoms with Gasteiger partial charge in [0.15, 0.2) is 5.84 Å².